The van der Waals surface area contributed by atoms with Gasteiger partial charge in [0, 0.05) is 6.42 Å². The lowest BCUT2D eigenvalue weighted by Gasteiger charge is -2.11. The van der Waals surface area contributed by atoms with Crippen LogP contribution in [0.1, 0.15) is 114 Å². The third-order valence-corrected chi connectivity index (χ3v) is 7.37. The molecule has 0 bridgehead atoms. The summed E-state index contributed by atoms with van der Waals surface area (Å²) >= 11 is 0. The monoisotopic (exact) mass is 473 g/mol. The molecule has 0 N–H and O–H groups in total. The van der Waals surface area contributed by atoms with Crippen LogP contribution < -0.4 is 4.57 Å². The smallest absolute Gasteiger partial charge is 0.234 e. The topological polar surface area (TPSA) is 8.81 Å². The Labute approximate surface area is 215 Å². The molecule has 0 spiro atoms. The van der Waals surface area contributed by atoms with Crippen LogP contribution >= 0.6 is 0 Å². The second-order valence-electron chi connectivity index (χ2n) is 10.4. The summed E-state index contributed by atoms with van der Waals surface area (Å²) in [6.45, 7) is 9.25. The number of unbranched alkanes of at least 4 members (excludes halogenated alkanes) is 8. The molecule has 1 unspecified atom stereocenters. The number of aryl methyl sites for hydroxylation is 1. The van der Waals surface area contributed by atoms with E-state index in [1.807, 2.05) is 0 Å². The highest BCUT2D eigenvalue weighted by Crippen LogP contribution is 2.22. The van der Waals surface area contributed by atoms with Crippen molar-refractivity contribution in [1.29, 1.82) is 0 Å². The maximum Gasteiger partial charge on any atom is 0.261 e. The highest BCUT2D eigenvalue weighted by molar-refractivity contribution is 5.22. The molecule has 1 aromatic heterocycles. The fourth-order valence-electron chi connectivity index (χ4n) is 5.19. The quantitative estimate of drug-likeness (QED) is 0.137. The summed E-state index contributed by atoms with van der Waals surface area (Å²) in [5.41, 5.74) is 4.35. The lowest BCUT2D eigenvalue weighted by Crippen LogP contribution is -2.37. The summed E-state index contributed by atoms with van der Waals surface area (Å²) in [6, 6.07) is 22.1. The summed E-state index contributed by atoms with van der Waals surface area (Å²) in [4.78, 5) is 0. The largest absolute Gasteiger partial charge is 0.261 e. The Balaban J connectivity index is 1.76. The maximum atomic E-state index is 2.67. The number of hydrogen-bond donors (Lipinski definition) is 0. The summed E-state index contributed by atoms with van der Waals surface area (Å²) in [5.74, 6) is 2.01. The zero-order valence-electron chi connectivity index (χ0n) is 22.7. The van der Waals surface area contributed by atoms with Crippen LogP contribution in [0.15, 0.2) is 66.9 Å². The molecule has 35 heavy (non-hydrogen) atoms. The molecule has 2 heteroatoms. The zero-order valence-corrected chi connectivity index (χ0v) is 22.7. The van der Waals surface area contributed by atoms with Gasteiger partial charge < -0.3 is 0 Å². The highest BCUT2D eigenvalue weighted by Gasteiger charge is 2.24. The molecular weight excluding hydrogens is 424 g/mol. The Bertz CT molecular complexity index is 942. The Morgan fingerprint density at radius 2 is 1.31 bits per heavy atom. The van der Waals surface area contributed by atoms with Gasteiger partial charge in [0.15, 0.2) is 0 Å². The van der Waals surface area contributed by atoms with Crippen molar-refractivity contribution in [3.05, 3.63) is 89.5 Å². The fraction of sp³-hybridized carbons (Fsp3) is 0.545. The fourth-order valence-corrected chi connectivity index (χ4v) is 5.19. The van der Waals surface area contributed by atoms with Crippen molar-refractivity contribution >= 4 is 0 Å². The lowest BCUT2D eigenvalue weighted by molar-refractivity contribution is -0.704. The second-order valence-corrected chi connectivity index (χ2v) is 10.4. The van der Waals surface area contributed by atoms with Crippen LogP contribution in [0.3, 0.4) is 0 Å². The molecule has 0 radical (unpaired) electrons. The first-order valence-corrected chi connectivity index (χ1v) is 14.4. The number of nitrogens with zero attached hydrogens (tertiary/aromatic N) is 2. The van der Waals surface area contributed by atoms with Crippen LogP contribution in [0, 0.1) is 0 Å². The van der Waals surface area contributed by atoms with Crippen molar-refractivity contribution in [3.8, 4) is 0 Å². The van der Waals surface area contributed by atoms with Crippen molar-refractivity contribution < 1.29 is 4.57 Å². The van der Waals surface area contributed by atoms with Gasteiger partial charge in [-0.25, -0.2) is 9.13 Å². The zero-order chi connectivity index (χ0) is 24.7. The van der Waals surface area contributed by atoms with Gasteiger partial charge in [-0.3, -0.25) is 0 Å². The number of aromatic nitrogens is 2. The Morgan fingerprint density at radius 1 is 0.714 bits per heavy atom. The van der Waals surface area contributed by atoms with Gasteiger partial charge in [0.05, 0.1) is 19.5 Å². The average molecular weight is 474 g/mol. The molecule has 3 aromatic rings. The molecular formula is C33H49N2+. The van der Waals surface area contributed by atoms with Crippen LogP contribution in [0.4, 0.5) is 0 Å². The minimum absolute atomic E-state index is 0.521. The molecule has 3 rings (SSSR count). The molecule has 0 aliphatic carbocycles. The molecule has 0 saturated carbocycles. The van der Waals surface area contributed by atoms with Crippen molar-refractivity contribution in [2.24, 2.45) is 0 Å². The van der Waals surface area contributed by atoms with Crippen LogP contribution in [0.25, 0.3) is 0 Å². The van der Waals surface area contributed by atoms with Crippen molar-refractivity contribution in [2.75, 3.05) is 0 Å². The standard InChI is InChI=1S/C33H49N2/c1-4-6-8-9-10-11-12-19-24-34-28-32(26-29(3)31-22-17-14-18-23-31)35(25-7-5-2)33(34)27-30-20-15-13-16-21-30/h13-18,20-23,28-29H,4-12,19,24-27H2,1-3H3/q+1. The summed E-state index contributed by atoms with van der Waals surface area (Å²) < 4.78 is 5.27. The molecule has 0 saturated heterocycles. The van der Waals surface area contributed by atoms with Gasteiger partial charge in [-0.1, -0.05) is 126 Å². The van der Waals surface area contributed by atoms with Crippen LogP contribution in [-0.2, 0) is 25.9 Å². The van der Waals surface area contributed by atoms with E-state index in [0.717, 1.165) is 25.9 Å². The molecule has 2 nitrogen and oxygen atoms in total. The predicted octanol–water partition coefficient (Wildman–Crippen LogP) is 8.65. The minimum Gasteiger partial charge on any atom is -0.234 e. The van der Waals surface area contributed by atoms with Gasteiger partial charge >= 0.3 is 0 Å². The predicted molar refractivity (Wildman–Crippen MR) is 150 cm³/mol. The number of rotatable bonds is 17. The molecule has 1 heterocycles. The number of imidazole rings is 1. The molecule has 2 aromatic carbocycles. The molecule has 0 amide bonds. The third kappa shape index (κ3) is 8.98. The van der Waals surface area contributed by atoms with E-state index in [1.165, 1.54) is 86.9 Å². The van der Waals surface area contributed by atoms with E-state index in [9.17, 15) is 0 Å². The molecule has 1 atom stereocenters. The molecule has 0 aliphatic heterocycles. The Morgan fingerprint density at radius 3 is 1.97 bits per heavy atom. The first kappa shape index (κ1) is 27.2. The first-order valence-electron chi connectivity index (χ1n) is 14.4. The molecule has 190 valence electrons. The van der Waals surface area contributed by atoms with Crippen LogP contribution in [0.5, 0.6) is 0 Å². The summed E-state index contributed by atoms with van der Waals surface area (Å²) in [6.07, 6.45) is 18.0. The number of benzene rings is 2. The van der Waals surface area contributed by atoms with E-state index in [2.05, 4.69) is 96.8 Å². The molecule has 0 aliphatic rings. The van der Waals surface area contributed by atoms with Gasteiger partial charge in [0.1, 0.15) is 11.9 Å². The van der Waals surface area contributed by atoms with Crippen LogP contribution in [-0.4, -0.2) is 4.57 Å². The Hall–Kier alpha value is -2.35. The normalized spacial score (nSPS) is 12.2. The highest BCUT2D eigenvalue weighted by atomic mass is 15.2. The van der Waals surface area contributed by atoms with Crippen LogP contribution in [0.2, 0.25) is 0 Å². The van der Waals surface area contributed by atoms with Gasteiger partial charge in [-0.2, -0.15) is 0 Å². The van der Waals surface area contributed by atoms with Crippen molar-refractivity contribution in [2.45, 2.75) is 117 Å². The minimum atomic E-state index is 0.521. The second kappa shape index (κ2) is 15.6. The van der Waals surface area contributed by atoms with Gasteiger partial charge in [-0.05, 0) is 36.3 Å². The van der Waals surface area contributed by atoms with Gasteiger partial charge in [0.25, 0.3) is 5.82 Å². The maximum absolute atomic E-state index is 2.67. The van der Waals surface area contributed by atoms with Gasteiger partial charge in [-0.15, -0.1) is 0 Å². The number of hydrogen-bond acceptors (Lipinski definition) is 0. The third-order valence-electron chi connectivity index (χ3n) is 7.37. The summed E-state index contributed by atoms with van der Waals surface area (Å²) in [5, 5.41) is 0. The van der Waals surface area contributed by atoms with Crippen molar-refractivity contribution in [3.63, 3.8) is 0 Å². The first-order chi connectivity index (χ1) is 17.2. The van der Waals surface area contributed by atoms with E-state index in [0.29, 0.717) is 5.92 Å². The Kier molecular flexibility index (Phi) is 12.1. The lowest BCUT2D eigenvalue weighted by atomic mass is 9.96. The summed E-state index contributed by atoms with van der Waals surface area (Å²) in [7, 11) is 0. The molecule has 0 fully saturated rings. The van der Waals surface area contributed by atoms with E-state index >= 15 is 0 Å². The van der Waals surface area contributed by atoms with Crippen molar-refractivity contribution in [1.82, 2.24) is 4.57 Å². The van der Waals surface area contributed by atoms with E-state index in [1.54, 1.807) is 0 Å². The SMILES string of the molecule is CCCCCCCCCC[n+]1cc(CC(C)c2ccccc2)n(CCCC)c1Cc1ccccc1. The van der Waals surface area contributed by atoms with E-state index < -0.39 is 0 Å². The average Bonchev–Trinajstić information content (AvgIpc) is 3.20. The van der Waals surface area contributed by atoms with E-state index in [-0.39, 0.29) is 0 Å². The van der Waals surface area contributed by atoms with E-state index in [4.69, 9.17) is 0 Å². The van der Waals surface area contributed by atoms with Gasteiger partial charge in [0.2, 0.25) is 0 Å².